The monoisotopic (exact) mass is 301 g/mol. The fraction of sp³-hybridized carbons (Fsp3) is 0.462. The summed E-state index contributed by atoms with van der Waals surface area (Å²) in [5.74, 6) is 0.0142. The van der Waals surface area contributed by atoms with E-state index >= 15 is 0 Å². The first-order valence-electron chi connectivity index (χ1n) is 6.07. The number of rotatable bonds is 7. The van der Waals surface area contributed by atoms with Crippen molar-refractivity contribution in [3.8, 4) is 0 Å². The van der Waals surface area contributed by atoms with Crippen molar-refractivity contribution in [1.82, 2.24) is 5.32 Å². The molecule has 0 fully saturated rings. The maximum atomic E-state index is 13.4. The Hall–Kier alpha value is -1.31. The Bertz CT molecular complexity index is 481. The Kier molecular flexibility index (Phi) is 6.25. The van der Waals surface area contributed by atoms with Gasteiger partial charge in [-0.05, 0) is 36.9 Å². The molecule has 0 heterocycles. The third-order valence-corrected chi connectivity index (χ3v) is 3.56. The topological polar surface area (TPSA) is 90.9 Å². The van der Waals surface area contributed by atoms with Gasteiger partial charge < -0.3 is 21.4 Å². The Labute approximate surface area is 122 Å². The summed E-state index contributed by atoms with van der Waals surface area (Å²) in [6, 6.07) is 4.20. The largest absolute Gasteiger partial charge is 0.409 e. The van der Waals surface area contributed by atoms with Crippen molar-refractivity contribution in [2.75, 3.05) is 18.6 Å². The molecule has 20 heavy (non-hydrogen) atoms. The molecule has 5 nitrogen and oxygen atoms in total. The van der Waals surface area contributed by atoms with Crippen LogP contribution in [0.15, 0.2) is 23.4 Å². The molecular formula is C13H20FN3O2S. The van der Waals surface area contributed by atoms with Gasteiger partial charge in [-0.25, -0.2) is 4.39 Å². The van der Waals surface area contributed by atoms with E-state index in [2.05, 4.69) is 10.5 Å². The van der Waals surface area contributed by atoms with E-state index in [-0.39, 0.29) is 5.84 Å². The summed E-state index contributed by atoms with van der Waals surface area (Å²) >= 11 is 1.56. The molecule has 7 heteroatoms. The number of nitrogens with two attached hydrogens (primary N) is 1. The van der Waals surface area contributed by atoms with Gasteiger partial charge in [0.25, 0.3) is 0 Å². The van der Waals surface area contributed by atoms with Crippen molar-refractivity contribution in [2.45, 2.75) is 19.1 Å². The van der Waals surface area contributed by atoms with Gasteiger partial charge in [-0.1, -0.05) is 5.16 Å². The summed E-state index contributed by atoms with van der Waals surface area (Å²) in [5, 5.41) is 24.5. The quantitative estimate of drug-likeness (QED) is 0.262. The first-order valence-corrected chi connectivity index (χ1v) is 7.47. The number of amidine groups is 1. The second-order valence-electron chi connectivity index (χ2n) is 4.87. The predicted octanol–water partition coefficient (Wildman–Crippen LogP) is 1.12. The molecule has 1 rings (SSSR count). The molecule has 0 saturated heterocycles. The van der Waals surface area contributed by atoms with Gasteiger partial charge in [0.2, 0.25) is 0 Å². The summed E-state index contributed by atoms with van der Waals surface area (Å²) in [7, 11) is 0. The van der Waals surface area contributed by atoms with Crippen molar-refractivity contribution in [3.05, 3.63) is 35.1 Å². The first-order chi connectivity index (χ1) is 9.38. The number of thioether (sulfide) groups is 1. The van der Waals surface area contributed by atoms with Gasteiger partial charge in [-0.2, -0.15) is 11.8 Å². The first kappa shape index (κ1) is 16.7. The van der Waals surface area contributed by atoms with Gasteiger partial charge in [0.1, 0.15) is 5.82 Å². The van der Waals surface area contributed by atoms with E-state index in [0.717, 1.165) is 0 Å². The maximum absolute atomic E-state index is 13.4. The van der Waals surface area contributed by atoms with Gasteiger partial charge in [0.05, 0.1) is 5.60 Å². The highest BCUT2D eigenvalue weighted by Gasteiger charge is 2.18. The van der Waals surface area contributed by atoms with Gasteiger partial charge in [-0.15, -0.1) is 0 Å². The minimum absolute atomic E-state index is 0.139. The second-order valence-corrected chi connectivity index (χ2v) is 5.73. The van der Waals surface area contributed by atoms with Crippen LogP contribution in [0, 0.1) is 5.82 Å². The van der Waals surface area contributed by atoms with E-state index in [1.54, 1.807) is 24.8 Å². The number of benzene rings is 1. The standard InChI is InChI=1S/C13H20FN3O2S/c1-13(18,8-20-2)7-16-6-9-3-10(12(15)17-19)5-11(14)4-9/h3-5,16,18-19H,6-8H2,1-2H3,(H2,15,17). The molecule has 5 N–H and O–H groups in total. The molecular weight excluding hydrogens is 281 g/mol. The van der Waals surface area contributed by atoms with Gasteiger partial charge in [0.15, 0.2) is 5.84 Å². The van der Waals surface area contributed by atoms with Gasteiger partial charge in [0, 0.05) is 24.4 Å². The zero-order valence-electron chi connectivity index (χ0n) is 11.6. The van der Waals surface area contributed by atoms with E-state index in [9.17, 15) is 9.50 Å². The lowest BCUT2D eigenvalue weighted by Gasteiger charge is -2.22. The normalized spacial score (nSPS) is 15.1. The SMILES string of the molecule is CSCC(C)(O)CNCc1cc(F)cc(/C(N)=N/O)c1. The Morgan fingerprint density at radius 1 is 1.50 bits per heavy atom. The Morgan fingerprint density at radius 3 is 2.80 bits per heavy atom. The molecule has 0 saturated carbocycles. The Morgan fingerprint density at radius 2 is 2.20 bits per heavy atom. The summed E-state index contributed by atoms with van der Waals surface area (Å²) in [6.45, 7) is 2.52. The summed E-state index contributed by atoms with van der Waals surface area (Å²) in [4.78, 5) is 0. The molecule has 0 aliphatic rings. The van der Waals surface area contributed by atoms with E-state index in [1.807, 2.05) is 6.26 Å². The van der Waals surface area contributed by atoms with E-state index < -0.39 is 11.4 Å². The van der Waals surface area contributed by atoms with Crippen LogP contribution in [0.5, 0.6) is 0 Å². The fourth-order valence-corrected chi connectivity index (χ4v) is 2.52. The van der Waals surface area contributed by atoms with Crippen LogP contribution >= 0.6 is 11.8 Å². The lowest BCUT2D eigenvalue weighted by atomic mass is 10.1. The molecule has 0 amide bonds. The molecule has 0 radical (unpaired) electrons. The number of hydrogen-bond donors (Lipinski definition) is 4. The number of oxime groups is 1. The number of nitrogens with one attached hydrogen (secondary N) is 1. The van der Waals surface area contributed by atoms with Crippen molar-refractivity contribution in [3.63, 3.8) is 0 Å². The van der Waals surface area contributed by atoms with Crippen LogP contribution in [0.4, 0.5) is 4.39 Å². The molecule has 1 aromatic carbocycles. The highest BCUT2D eigenvalue weighted by atomic mass is 32.2. The van der Waals surface area contributed by atoms with Crippen LogP contribution in [-0.2, 0) is 6.54 Å². The lowest BCUT2D eigenvalue weighted by Crippen LogP contribution is -2.39. The smallest absolute Gasteiger partial charge is 0.170 e. The molecule has 1 atom stereocenters. The molecule has 0 spiro atoms. The third-order valence-electron chi connectivity index (χ3n) is 2.65. The average molecular weight is 301 g/mol. The summed E-state index contributed by atoms with van der Waals surface area (Å²) < 4.78 is 13.4. The van der Waals surface area contributed by atoms with Crippen molar-refractivity contribution in [1.29, 1.82) is 0 Å². The van der Waals surface area contributed by atoms with Crippen LogP contribution in [0.3, 0.4) is 0 Å². The van der Waals surface area contributed by atoms with Crippen molar-refractivity contribution in [2.24, 2.45) is 10.9 Å². The van der Waals surface area contributed by atoms with Crippen molar-refractivity contribution < 1.29 is 14.7 Å². The third kappa shape index (κ3) is 5.36. The van der Waals surface area contributed by atoms with E-state index in [1.165, 1.54) is 12.1 Å². The highest BCUT2D eigenvalue weighted by Crippen LogP contribution is 2.11. The number of halogens is 1. The molecule has 1 unspecified atom stereocenters. The predicted molar refractivity (Wildman–Crippen MR) is 79.6 cm³/mol. The lowest BCUT2D eigenvalue weighted by molar-refractivity contribution is 0.0846. The van der Waals surface area contributed by atoms with Gasteiger partial charge >= 0.3 is 0 Å². The number of nitrogens with zero attached hydrogens (tertiary/aromatic N) is 1. The number of aliphatic hydroxyl groups is 1. The van der Waals surface area contributed by atoms with Crippen LogP contribution in [0.25, 0.3) is 0 Å². The fourth-order valence-electron chi connectivity index (χ4n) is 1.80. The molecule has 112 valence electrons. The number of hydrogen-bond acceptors (Lipinski definition) is 5. The molecule has 1 aromatic rings. The molecule has 0 aliphatic carbocycles. The minimum atomic E-state index is -0.818. The second kappa shape index (κ2) is 7.47. The Balaban J connectivity index is 2.67. The van der Waals surface area contributed by atoms with E-state index in [4.69, 9.17) is 10.9 Å². The van der Waals surface area contributed by atoms with E-state index in [0.29, 0.717) is 30.0 Å². The minimum Gasteiger partial charge on any atom is -0.409 e. The average Bonchev–Trinajstić information content (AvgIpc) is 2.36. The van der Waals surface area contributed by atoms with Crippen LogP contribution < -0.4 is 11.1 Å². The van der Waals surface area contributed by atoms with Crippen molar-refractivity contribution >= 4 is 17.6 Å². The van der Waals surface area contributed by atoms with Crippen LogP contribution in [-0.4, -0.2) is 40.3 Å². The maximum Gasteiger partial charge on any atom is 0.170 e. The summed E-state index contributed by atoms with van der Waals surface area (Å²) in [5.41, 5.74) is 5.60. The summed E-state index contributed by atoms with van der Waals surface area (Å²) in [6.07, 6.45) is 1.92. The zero-order chi connectivity index (χ0) is 15.2. The molecule has 0 aliphatic heterocycles. The zero-order valence-corrected chi connectivity index (χ0v) is 12.4. The molecule has 0 aromatic heterocycles. The highest BCUT2D eigenvalue weighted by molar-refractivity contribution is 7.98. The molecule has 0 bridgehead atoms. The van der Waals surface area contributed by atoms with Crippen LogP contribution in [0.1, 0.15) is 18.1 Å². The van der Waals surface area contributed by atoms with Crippen LogP contribution in [0.2, 0.25) is 0 Å². The van der Waals surface area contributed by atoms with Gasteiger partial charge in [-0.3, -0.25) is 0 Å².